The Bertz CT molecular complexity index is 1330. The maximum atomic E-state index is 13.2. The van der Waals surface area contributed by atoms with E-state index < -0.39 is 35.2 Å². The van der Waals surface area contributed by atoms with Crippen LogP contribution in [-0.2, 0) is 15.8 Å². The first-order valence-electron chi connectivity index (χ1n) is 10.4. The number of hydrogen-bond acceptors (Lipinski definition) is 5. The number of aryl methyl sites for hydroxylation is 1. The second kappa shape index (κ2) is 8.83. The third kappa shape index (κ3) is 4.32. The van der Waals surface area contributed by atoms with Gasteiger partial charge in [-0.3, -0.25) is 14.5 Å². The first-order chi connectivity index (χ1) is 16.5. The summed E-state index contributed by atoms with van der Waals surface area (Å²) >= 11 is 0. The summed E-state index contributed by atoms with van der Waals surface area (Å²) in [6, 6.07) is 13.1. The number of aliphatic hydroxyl groups excluding tert-OH is 1. The predicted octanol–water partition coefficient (Wildman–Crippen LogP) is 5.35. The second-order valence-corrected chi connectivity index (χ2v) is 7.99. The van der Waals surface area contributed by atoms with Crippen LogP contribution >= 0.6 is 0 Å². The molecule has 1 heterocycles. The molecule has 6 nitrogen and oxygen atoms in total. The molecule has 0 saturated carbocycles. The number of carbonyl (C=O) groups is 2. The maximum Gasteiger partial charge on any atom is 0.416 e. The normalized spacial score (nSPS) is 17.6. The second-order valence-electron chi connectivity index (χ2n) is 7.99. The number of phenols is 1. The molecule has 0 radical (unpaired) electrons. The molecule has 1 aliphatic rings. The molecule has 0 spiro atoms. The number of halogens is 3. The van der Waals surface area contributed by atoms with Gasteiger partial charge in [0.15, 0.2) is 0 Å². The van der Waals surface area contributed by atoms with E-state index in [2.05, 4.69) is 0 Å². The molecule has 1 amide bonds. The van der Waals surface area contributed by atoms with Crippen molar-refractivity contribution in [2.45, 2.75) is 19.1 Å². The summed E-state index contributed by atoms with van der Waals surface area (Å²) in [6.45, 7) is 1.69. The molecule has 1 atom stereocenters. The fourth-order valence-electron chi connectivity index (χ4n) is 4.06. The number of methoxy groups -OCH3 is 1. The Morgan fingerprint density at radius 2 is 1.60 bits per heavy atom. The highest BCUT2D eigenvalue weighted by molar-refractivity contribution is 6.51. The van der Waals surface area contributed by atoms with Crippen molar-refractivity contribution in [3.05, 3.63) is 94.6 Å². The highest BCUT2D eigenvalue weighted by atomic mass is 19.4. The number of anilines is 1. The lowest BCUT2D eigenvalue weighted by Crippen LogP contribution is -2.29. The Kier molecular flexibility index (Phi) is 6.02. The molecule has 35 heavy (non-hydrogen) atoms. The molecule has 1 fully saturated rings. The average molecular weight is 483 g/mol. The molecule has 9 heteroatoms. The van der Waals surface area contributed by atoms with E-state index in [0.29, 0.717) is 22.4 Å². The van der Waals surface area contributed by atoms with Gasteiger partial charge in [0.05, 0.1) is 24.3 Å². The number of ether oxygens (including phenoxy) is 1. The summed E-state index contributed by atoms with van der Waals surface area (Å²) in [7, 11) is 1.48. The van der Waals surface area contributed by atoms with E-state index in [1.165, 1.54) is 31.4 Å². The summed E-state index contributed by atoms with van der Waals surface area (Å²) in [5.74, 6) is -1.97. The van der Waals surface area contributed by atoms with Crippen molar-refractivity contribution >= 4 is 23.1 Å². The van der Waals surface area contributed by atoms with E-state index in [0.717, 1.165) is 29.2 Å². The number of aliphatic hydroxyl groups is 1. The van der Waals surface area contributed by atoms with Crippen molar-refractivity contribution in [2.24, 2.45) is 0 Å². The van der Waals surface area contributed by atoms with Gasteiger partial charge < -0.3 is 14.9 Å². The van der Waals surface area contributed by atoms with Gasteiger partial charge in [0, 0.05) is 11.3 Å². The molecule has 1 aliphatic heterocycles. The molecule has 0 bridgehead atoms. The van der Waals surface area contributed by atoms with Gasteiger partial charge in [-0.25, -0.2) is 0 Å². The molecule has 3 aromatic rings. The van der Waals surface area contributed by atoms with Crippen molar-refractivity contribution in [2.75, 3.05) is 12.0 Å². The lowest BCUT2D eigenvalue weighted by Gasteiger charge is -2.26. The van der Waals surface area contributed by atoms with Crippen LogP contribution in [0.25, 0.3) is 5.76 Å². The monoisotopic (exact) mass is 483 g/mol. The zero-order valence-corrected chi connectivity index (χ0v) is 18.6. The number of benzene rings is 3. The van der Waals surface area contributed by atoms with E-state index in [4.69, 9.17) is 4.74 Å². The molecule has 1 unspecified atom stereocenters. The average Bonchev–Trinajstić information content (AvgIpc) is 3.09. The highest BCUT2D eigenvalue weighted by Gasteiger charge is 2.47. The molecule has 1 saturated heterocycles. The molecule has 3 aromatic carbocycles. The van der Waals surface area contributed by atoms with Crippen molar-refractivity contribution in [1.29, 1.82) is 0 Å². The summed E-state index contributed by atoms with van der Waals surface area (Å²) in [4.78, 5) is 27.3. The number of ketones is 1. The number of carbonyl (C=O) groups excluding carboxylic acids is 2. The number of rotatable bonds is 4. The topological polar surface area (TPSA) is 87.1 Å². The van der Waals surface area contributed by atoms with E-state index in [-0.39, 0.29) is 17.0 Å². The minimum Gasteiger partial charge on any atom is -0.508 e. The largest absolute Gasteiger partial charge is 0.508 e. The van der Waals surface area contributed by atoms with Crippen molar-refractivity contribution in [3.8, 4) is 11.5 Å². The number of Topliss-reactive ketones (excluding diaryl/α,β-unsaturated/α-hetero) is 1. The number of amides is 1. The zero-order chi connectivity index (χ0) is 25.5. The first-order valence-corrected chi connectivity index (χ1v) is 10.4. The van der Waals surface area contributed by atoms with Crippen LogP contribution in [-0.4, -0.2) is 29.0 Å². The van der Waals surface area contributed by atoms with Crippen molar-refractivity contribution < 1.29 is 37.7 Å². The van der Waals surface area contributed by atoms with Crippen LogP contribution in [0.4, 0.5) is 18.9 Å². The van der Waals surface area contributed by atoms with Gasteiger partial charge in [0.25, 0.3) is 11.7 Å². The Balaban J connectivity index is 1.91. The van der Waals surface area contributed by atoms with E-state index >= 15 is 0 Å². The number of hydrogen-bond donors (Lipinski definition) is 2. The highest BCUT2D eigenvalue weighted by Crippen LogP contribution is 2.43. The summed E-state index contributed by atoms with van der Waals surface area (Å²) < 4.78 is 44.3. The van der Waals surface area contributed by atoms with Crippen LogP contribution in [0, 0.1) is 6.92 Å². The zero-order valence-electron chi connectivity index (χ0n) is 18.6. The Morgan fingerprint density at radius 3 is 2.14 bits per heavy atom. The van der Waals surface area contributed by atoms with Crippen LogP contribution < -0.4 is 9.64 Å². The van der Waals surface area contributed by atoms with Gasteiger partial charge in [-0.2, -0.15) is 13.2 Å². The number of aromatic hydroxyl groups is 1. The Hall–Kier alpha value is -4.27. The number of alkyl halides is 3. The van der Waals surface area contributed by atoms with Crippen LogP contribution in [0.5, 0.6) is 11.5 Å². The fraction of sp³-hybridized carbons (Fsp3) is 0.154. The van der Waals surface area contributed by atoms with Gasteiger partial charge in [-0.05, 0) is 72.6 Å². The minimum atomic E-state index is -4.57. The van der Waals surface area contributed by atoms with E-state index in [1.54, 1.807) is 25.1 Å². The quantitative estimate of drug-likeness (QED) is 0.297. The number of phenolic OH excluding ortho intramolecular Hbond substituents is 1. The van der Waals surface area contributed by atoms with Gasteiger partial charge in [0.1, 0.15) is 17.3 Å². The smallest absolute Gasteiger partial charge is 0.416 e. The van der Waals surface area contributed by atoms with Crippen molar-refractivity contribution in [3.63, 3.8) is 0 Å². The van der Waals surface area contributed by atoms with Gasteiger partial charge >= 0.3 is 6.18 Å². The number of nitrogens with zero attached hydrogens (tertiary/aromatic N) is 1. The van der Waals surface area contributed by atoms with Crippen LogP contribution in [0.3, 0.4) is 0 Å². The third-order valence-electron chi connectivity index (χ3n) is 5.81. The third-order valence-corrected chi connectivity index (χ3v) is 5.81. The van der Waals surface area contributed by atoms with Gasteiger partial charge in [-0.15, -0.1) is 0 Å². The lowest BCUT2D eigenvalue weighted by molar-refractivity contribution is -0.137. The van der Waals surface area contributed by atoms with E-state index in [9.17, 15) is 33.0 Å². The predicted molar refractivity (Wildman–Crippen MR) is 122 cm³/mol. The summed E-state index contributed by atoms with van der Waals surface area (Å²) in [6.07, 6.45) is -4.57. The molecule has 0 aliphatic carbocycles. The Morgan fingerprint density at radius 1 is 0.971 bits per heavy atom. The summed E-state index contributed by atoms with van der Waals surface area (Å²) in [5.41, 5.74) is 0.145. The molecule has 180 valence electrons. The van der Waals surface area contributed by atoms with E-state index in [1.807, 2.05) is 0 Å². The molecule has 4 rings (SSSR count). The van der Waals surface area contributed by atoms with Crippen LogP contribution in [0.1, 0.15) is 28.3 Å². The summed E-state index contributed by atoms with van der Waals surface area (Å²) in [5, 5.41) is 20.9. The molecular formula is C26H20F3NO5. The molecule has 2 N–H and O–H groups in total. The molecule has 0 aromatic heterocycles. The first kappa shape index (κ1) is 23.9. The molecular weight excluding hydrogens is 463 g/mol. The SMILES string of the molecule is COc1ccc(/C(O)=C2/C(=O)C(=O)N(c3ccc(C(F)(F)F)cc3)C2c2ccc(O)cc2)c(C)c1. The van der Waals surface area contributed by atoms with Crippen LogP contribution in [0.2, 0.25) is 0 Å². The Labute approximate surface area is 198 Å². The fourth-order valence-corrected chi connectivity index (χ4v) is 4.06. The van der Waals surface area contributed by atoms with Gasteiger partial charge in [-0.1, -0.05) is 12.1 Å². The van der Waals surface area contributed by atoms with Crippen molar-refractivity contribution in [1.82, 2.24) is 0 Å². The maximum absolute atomic E-state index is 13.2. The lowest BCUT2D eigenvalue weighted by atomic mass is 9.93. The van der Waals surface area contributed by atoms with Crippen LogP contribution in [0.15, 0.2) is 72.3 Å². The standard InChI is InChI=1S/C26H20F3NO5/c1-14-13-19(35-2)11-12-20(14)23(32)21-22(15-3-9-18(31)10-4-15)30(25(34)24(21)33)17-7-5-16(6-8-17)26(27,28)29/h3-13,22,31-32H,1-2H3/b23-21-. The van der Waals surface area contributed by atoms with Gasteiger partial charge in [0.2, 0.25) is 0 Å². The minimum absolute atomic E-state index is 0.0451.